The third kappa shape index (κ3) is 3.91. The van der Waals surface area contributed by atoms with E-state index in [0.29, 0.717) is 36.2 Å². The number of H-pyrrole nitrogens is 1. The molecule has 4 rings (SSSR count). The van der Waals surface area contributed by atoms with E-state index in [0.717, 1.165) is 10.9 Å². The lowest BCUT2D eigenvalue weighted by molar-refractivity contribution is 0.301. The van der Waals surface area contributed by atoms with Gasteiger partial charge in [-0.05, 0) is 29.8 Å². The molecule has 2 aromatic heterocycles. The topological polar surface area (TPSA) is 90.0 Å². The van der Waals surface area contributed by atoms with Gasteiger partial charge in [-0.15, -0.1) is 0 Å². The van der Waals surface area contributed by atoms with Gasteiger partial charge >= 0.3 is 0 Å². The molecule has 0 aliphatic carbocycles. The van der Waals surface area contributed by atoms with E-state index in [2.05, 4.69) is 25.5 Å². The van der Waals surface area contributed by atoms with E-state index in [-0.39, 0.29) is 12.4 Å². The number of halogens is 1. The van der Waals surface area contributed by atoms with Crippen molar-refractivity contribution in [2.24, 2.45) is 0 Å². The summed E-state index contributed by atoms with van der Waals surface area (Å²) in [4.78, 5) is 11.1. The summed E-state index contributed by atoms with van der Waals surface area (Å²) in [5.41, 5.74) is 2.35. The van der Waals surface area contributed by atoms with Gasteiger partial charge in [0, 0.05) is 18.8 Å². The largest absolute Gasteiger partial charge is 0.395 e. The molecule has 0 aliphatic heterocycles. The SMILES string of the molecule is OCCN(Cc1ccccc1)c1nc(Nc2ccc(F)cc2)c2cn[nH]c2n1. The summed E-state index contributed by atoms with van der Waals surface area (Å²) in [6, 6.07) is 15.9. The standard InChI is InChI=1S/C20H19FN6O/c21-15-6-8-16(9-7-15)23-18-17-12-22-26-19(17)25-20(24-18)27(10-11-28)13-14-4-2-1-3-5-14/h1-9,12,28H,10-11,13H2,(H2,22,23,24,25,26). The lowest BCUT2D eigenvalue weighted by Gasteiger charge is -2.22. The second kappa shape index (κ2) is 8.01. The average molecular weight is 378 g/mol. The van der Waals surface area contributed by atoms with Crippen LogP contribution in [0.3, 0.4) is 0 Å². The lowest BCUT2D eigenvalue weighted by Crippen LogP contribution is -2.28. The van der Waals surface area contributed by atoms with Crippen LogP contribution in [0.15, 0.2) is 60.8 Å². The van der Waals surface area contributed by atoms with Crippen molar-refractivity contribution in [1.82, 2.24) is 20.2 Å². The van der Waals surface area contributed by atoms with E-state index in [4.69, 9.17) is 0 Å². The molecule has 0 bridgehead atoms. The fourth-order valence-electron chi connectivity index (χ4n) is 2.90. The molecular weight excluding hydrogens is 359 g/mol. The second-order valence-corrected chi connectivity index (χ2v) is 6.27. The number of aromatic amines is 1. The molecule has 7 nitrogen and oxygen atoms in total. The van der Waals surface area contributed by atoms with Crippen molar-refractivity contribution < 1.29 is 9.50 Å². The molecule has 142 valence electrons. The molecule has 0 aliphatic rings. The molecule has 0 atom stereocenters. The Morgan fingerprint density at radius 2 is 1.82 bits per heavy atom. The van der Waals surface area contributed by atoms with Crippen LogP contribution in [0.25, 0.3) is 11.0 Å². The van der Waals surface area contributed by atoms with Gasteiger partial charge in [0.1, 0.15) is 11.6 Å². The molecule has 2 heterocycles. The Morgan fingerprint density at radius 1 is 1.04 bits per heavy atom. The number of aromatic nitrogens is 4. The van der Waals surface area contributed by atoms with Crippen LogP contribution in [-0.4, -0.2) is 38.4 Å². The van der Waals surface area contributed by atoms with Crippen LogP contribution < -0.4 is 10.2 Å². The Labute approximate surface area is 160 Å². The van der Waals surface area contributed by atoms with Gasteiger partial charge in [0.15, 0.2) is 5.65 Å². The first-order valence-corrected chi connectivity index (χ1v) is 8.86. The summed E-state index contributed by atoms with van der Waals surface area (Å²) in [6.45, 7) is 0.902. The Hall–Kier alpha value is -3.52. The number of aliphatic hydroxyl groups excluding tert-OH is 1. The van der Waals surface area contributed by atoms with E-state index in [1.807, 2.05) is 35.2 Å². The zero-order valence-corrected chi connectivity index (χ0v) is 15.0. The van der Waals surface area contributed by atoms with Crippen molar-refractivity contribution in [3.8, 4) is 0 Å². The first-order chi connectivity index (χ1) is 13.7. The van der Waals surface area contributed by atoms with Gasteiger partial charge in [-0.25, -0.2) is 4.39 Å². The minimum atomic E-state index is -0.306. The van der Waals surface area contributed by atoms with Crippen molar-refractivity contribution in [1.29, 1.82) is 0 Å². The van der Waals surface area contributed by atoms with Crippen LogP contribution in [-0.2, 0) is 6.54 Å². The highest BCUT2D eigenvalue weighted by molar-refractivity contribution is 5.89. The Balaban J connectivity index is 1.70. The van der Waals surface area contributed by atoms with E-state index < -0.39 is 0 Å². The summed E-state index contributed by atoms with van der Waals surface area (Å²) in [5, 5.41) is 20.3. The Bertz CT molecular complexity index is 1050. The number of aliphatic hydroxyl groups is 1. The Morgan fingerprint density at radius 3 is 2.57 bits per heavy atom. The molecular formula is C20H19FN6O. The number of anilines is 3. The molecule has 3 N–H and O–H groups in total. The van der Waals surface area contributed by atoms with Crippen molar-refractivity contribution in [2.75, 3.05) is 23.4 Å². The van der Waals surface area contributed by atoms with Crippen LogP contribution >= 0.6 is 0 Å². The van der Waals surface area contributed by atoms with Gasteiger partial charge in [0.2, 0.25) is 5.95 Å². The van der Waals surface area contributed by atoms with E-state index >= 15 is 0 Å². The number of rotatable bonds is 7. The fourth-order valence-corrected chi connectivity index (χ4v) is 2.90. The molecule has 0 fully saturated rings. The summed E-state index contributed by atoms with van der Waals surface area (Å²) >= 11 is 0. The molecule has 28 heavy (non-hydrogen) atoms. The smallest absolute Gasteiger partial charge is 0.229 e. The van der Waals surface area contributed by atoms with E-state index in [1.54, 1.807) is 18.3 Å². The lowest BCUT2D eigenvalue weighted by atomic mass is 10.2. The number of nitrogens with zero attached hydrogens (tertiary/aromatic N) is 4. The van der Waals surface area contributed by atoms with Gasteiger partial charge in [0.05, 0.1) is 18.2 Å². The predicted molar refractivity (Wildman–Crippen MR) is 106 cm³/mol. The quantitative estimate of drug-likeness (QED) is 0.457. The van der Waals surface area contributed by atoms with Gasteiger partial charge in [-0.1, -0.05) is 30.3 Å². The number of hydrogen-bond donors (Lipinski definition) is 3. The van der Waals surface area contributed by atoms with Gasteiger partial charge in [0.25, 0.3) is 0 Å². The number of benzene rings is 2. The third-order valence-electron chi connectivity index (χ3n) is 4.27. The molecule has 0 saturated heterocycles. The van der Waals surface area contributed by atoms with Crippen LogP contribution in [0.1, 0.15) is 5.56 Å². The summed E-state index contributed by atoms with van der Waals surface area (Å²) in [7, 11) is 0. The van der Waals surface area contributed by atoms with Gasteiger partial charge < -0.3 is 15.3 Å². The maximum Gasteiger partial charge on any atom is 0.229 e. The third-order valence-corrected chi connectivity index (χ3v) is 4.27. The van der Waals surface area contributed by atoms with Crippen molar-refractivity contribution in [3.63, 3.8) is 0 Å². The number of fused-ring (bicyclic) bond motifs is 1. The normalized spacial score (nSPS) is 10.9. The highest BCUT2D eigenvalue weighted by atomic mass is 19.1. The van der Waals surface area contributed by atoms with Crippen LogP contribution in [0.5, 0.6) is 0 Å². The predicted octanol–water partition coefficient (Wildman–Crippen LogP) is 3.23. The van der Waals surface area contributed by atoms with Crippen LogP contribution in [0.2, 0.25) is 0 Å². The molecule has 0 unspecified atom stereocenters. The van der Waals surface area contributed by atoms with Crippen molar-refractivity contribution in [2.45, 2.75) is 6.54 Å². The molecule has 8 heteroatoms. The molecule has 0 spiro atoms. The first-order valence-electron chi connectivity index (χ1n) is 8.86. The summed E-state index contributed by atoms with van der Waals surface area (Å²) in [5.74, 6) is 0.704. The summed E-state index contributed by atoms with van der Waals surface area (Å²) < 4.78 is 13.2. The molecule has 0 amide bonds. The van der Waals surface area contributed by atoms with E-state index in [1.165, 1.54) is 12.1 Å². The minimum Gasteiger partial charge on any atom is -0.395 e. The molecule has 4 aromatic rings. The minimum absolute atomic E-state index is 0.0298. The van der Waals surface area contributed by atoms with Crippen LogP contribution in [0.4, 0.5) is 21.8 Å². The highest BCUT2D eigenvalue weighted by Crippen LogP contribution is 2.26. The highest BCUT2D eigenvalue weighted by Gasteiger charge is 2.15. The molecule has 0 radical (unpaired) electrons. The fraction of sp³-hybridized carbons (Fsp3) is 0.150. The molecule has 0 saturated carbocycles. The van der Waals surface area contributed by atoms with Crippen LogP contribution in [0, 0.1) is 5.82 Å². The maximum absolute atomic E-state index is 13.2. The van der Waals surface area contributed by atoms with Gasteiger partial charge in [-0.2, -0.15) is 15.1 Å². The first kappa shape index (κ1) is 17.9. The number of hydrogen-bond acceptors (Lipinski definition) is 6. The zero-order chi connectivity index (χ0) is 19.3. The molecule has 2 aromatic carbocycles. The second-order valence-electron chi connectivity index (χ2n) is 6.27. The van der Waals surface area contributed by atoms with Crippen molar-refractivity contribution in [3.05, 3.63) is 72.2 Å². The zero-order valence-electron chi connectivity index (χ0n) is 15.0. The Kier molecular flexibility index (Phi) is 5.11. The van der Waals surface area contributed by atoms with Crippen molar-refractivity contribution >= 4 is 28.5 Å². The number of nitrogens with one attached hydrogen (secondary N) is 2. The van der Waals surface area contributed by atoms with Gasteiger partial charge in [-0.3, -0.25) is 5.10 Å². The summed E-state index contributed by atoms with van der Waals surface area (Å²) in [6.07, 6.45) is 1.64. The van der Waals surface area contributed by atoms with E-state index in [9.17, 15) is 9.50 Å². The maximum atomic E-state index is 13.2. The monoisotopic (exact) mass is 378 g/mol. The average Bonchev–Trinajstić information content (AvgIpc) is 3.19.